The van der Waals surface area contributed by atoms with Crippen LogP contribution in [0.25, 0.3) is 22.1 Å². The van der Waals surface area contributed by atoms with Crippen molar-refractivity contribution in [2.75, 3.05) is 12.4 Å². The fourth-order valence-electron chi connectivity index (χ4n) is 3.21. The van der Waals surface area contributed by atoms with Gasteiger partial charge < -0.3 is 14.5 Å². The van der Waals surface area contributed by atoms with Gasteiger partial charge in [0, 0.05) is 11.1 Å². The van der Waals surface area contributed by atoms with Crippen LogP contribution in [-0.2, 0) is 0 Å². The van der Waals surface area contributed by atoms with Crippen LogP contribution in [0.5, 0.6) is 5.75 Å². The van der Waals surface area contributed by atoms with Crippen LogP contribution in [0, 0.1) is 23.3 Å². The molecule has 1 heterocycles. The van der Waals surface area contributed by atoms with Gasteiger partial charge in [-0.1, -0.05) is 30.3 Å². The Bertz CT molecular complexity index is 1400. The Kier molecular flexibility index (Phi) is 5.40. The lowest BCUT2D eigenvalue weighted by Crippen LogP contribution is -2.19. The molecule has 0 radical (unpaired) electrons. The molecule has 4 rings (SSSR count). The number of methoxy groups -OCH3 is 1. The molecule has 5 nitrogen and oxygen atoms in total. The summed E-state index contributed by atoms with van der Waals surface area (Å²) in [6, 6.07) is 14.2. The van der Waals surface area contributed by atoms with Gasteiger partial charge in [0.2, 0.25) is 11.6 Å². The van der Waals surface area contributed by atoms with Crippen molar-refractivity contribution in [2.45, 2.75) is 0 Å². The molecule has 9 heteroatoms. The van der Waals surface area contributed by atoms with Crippen LogP contribution in [-0.4, -0.2) is 13.0 Å². The highest BCUT2D eigenvalue weighted by Crippen LogP contribution is 2.30. The zero-order valence-corrected chi connectivity index (χ0v) is 16.3. The summed E-state index contributed by atoms with van der Waals surface area (Å²) in [5.41, 5.74) is -1.15. The Hall–Kier alpha value is -4.14. The van der Waals surface area contributed by atoms with Crippen molar-refractivity contribution in [1.29, 1.82) is 0 Å². The third kappa shape index (κ3) is 3.58. The van der Waals surface area contributed by atoms with Gasteiger partial charge in [0.15, 0.2) is 17.4 Å². The van der Waals surface area contributed by atoms with Crippen LogP contribution in [0.4, 0.5) is 23.2 Å². The minimum absolute atomic E-state index is 0.0236. The molecule has 0 aliphatic heterocycles. The number of halogens is 4. The number of rotatable bonds is 4. The van der Waals surface area contributed by atoms with Gasteiger partial charge in [0.25, 0.3) is 5.91 Å². The van der Waals surface area contributed by atoms with Crippen molar-refractivity contribution in [3.8, 4) is 16.9 Å². The molecule has 1 amide bonds. The molecule has 0 unspecified atom stereocenters. The fraction of sp³-hybridized carbons (Fsp3) is 0.0435. The maximum absolute atomic E-state index is 14.2. The molecule has 0 aliphatic rings. The van der Waals surface area contributed by atoms with E-state index in [4.69, 9.17) is 4.42 Å². The number of fused-ring (bicyclic) bond motifs is 1. The lowest BCUT2D eigenvalue weighted by atomic mass is 10.0. The Morgan fingerprint density at radius 1 is 0.906 bits per heavy atom. The van der Waals surface area contributed by atoms with E-state index < -0.39 is 46.1 Å². The summed E-state index contributed by atoms with van der Waals surface area (Å²) in [4.78, 5) is 24.8. The van der Waals surface area contributed by atoms with Crippen molar-refractivity contribution in [1.82, 2.24) is 0 Å². The lowest BCUT2D eigenvalue weighted by Gasteiger charge is -2.12. The number of carbonyl (C=O) groups excluding carboxylic acids is 1. The van der Waals surface area contributed by atoms with Crippen LogP contribution in [0.1, 0.15) is 10.4 Å². The van der Waals surface area contributed by atoms with Crippen molar-refractivity contribution >= 4 is 22.6 Å². The number of hydrogen-bond acceptors (Lipinski definition) is 4. The highest BCUT2D eigenvalue weighted by Gasteiger charge is 2.30. The number of hydrogen-bond donors (Lipinski definition) is 1. The zero-order valence-electron chi connectivity index (χ0n) is 16.3. The van der Waals surface area contributed by atoms with Crippen LogP contribution >= 0.6 is 0 Å². The Morgan fingerprint density at radius 2 is 1.59 bits per heavy atom. The van der Waals surface area contributed by atoms with Crippen LogP contribution in [0.3, 0.4) is 0 Å². The van der Waals surface area contributed by atoms with Crippen molar-refractivity contribution < 1.29 is 31.5 Å². The van der Waals surface area contributed by atoms with Crippen LogP contribution < -0.4 is 15.7 Å². The summed E-state index contributed by atoms with van der Waals surface area (Å²) < 4.78 is 65.9. The molecule has 4 aromatic rings. The average Bonchev–Trinajstić information content (AvgIpc) is 2.78. The second kappa shape index (κ2) is 8.18. The molecule has 1 aromatic heterocycles. The van der Waals surface area contributed by atoms with Gasteiger partial charge >= 0.3 is 5.63 Å². The van der Waals surface area contributed by atoms with Crippen LogP contribution in [0.15, 0.2) is 63.8 Å². The van der Waals surface area contributed by atoms with E-state index in [0.29, 0.717) is 16.5 Å². The molecule has 0 bridgehead atoms. The smallest absolute Gasteiger partial charge is 0.344 e. The second-order valence-corrected chi connectivity index (χ2v) is 6.68. The Labute approximate surface area is 177 Å². The fourth-order valence-corrected chi connectivity index (χ4v) is 3.21. The molecule has 1 N–H and O–H groups in total. The van der Waals surface area contributed by atoms with Crippen LogP contribution in [0.2, 0.25) is 0 Å². The first-order valence-corrected chi connectivity index (χ1v) is 9.16. The molecule has 0 atom stereocenters. The first kappa shape index (κ1) is 21.1. The van der Waals surface area contributed by atoms with Gasteiger partial charge in [-0.25, -0.2) is 13.6 Å². The predicted octanol–water partition coefficient (Wildman–Crippen LogP) is 5.28. The minimum Gasteiger partial charge on any atom is -0.491 e. The second-order valence-electron chi connectivity index (χ2n) is 6.68. The maximum Gasteiger partial charge on any atom is 0.344 e. The molecule has 0 spiro atoms. The van der Waals surface area contributed by atoms with Gasteiger partial charge in [-0.3, -0.25) is 4.79 Å². The summed E-state index contributed by atoms with van der Waals surface area (Å²) in [7, 11) is 0.828. The van der Waals surface area contributed by atoms with Gasteiger partial charge in [0.1, 0.15) is 11.1 Å². The number of carbonyl (C=O) groups is 1. The number of anilines is 1. The third-order valence-corrected chi connectivity index (χ3v) is 4.73. The van der Waals surface area contributed by atoms with E-state index in [1.807, 2.05) is 0 Å². The molecular formula is C23H13F4NO4. The summed E-state index contributed by atoms with van der Waals surface area (Å²) in [6.45, 7) is 0. The maximum atomic E-state index is 14.2. The monoisotopic (exact) mass is 443 g/mol. The van der Waals surface area contributed by atoms with Crippen molar-refractivity contribution in [2.24, 2.45) is 0 Å². The topological polar surface area (TPSA) is 68.5 Å². The van der Waals surface area contributed by atoms with Crippen molar-refractivity contribution in [3.63, 3.8) is 0 Å². The third-order valence-electron chi connectivity index (χ3n) is 4.73. The quantitative estimate of drug-likeness (QED) is 0.265. The molecule has 3 aromatic carbocycles. The van der Waals surface area contributed by atoms with Gasteiger partial charge in [-0.15, -0.1) is 0 Å². The molecule has 0 aliphatic carbocycles. The van der Waals surface area contributed by atoms with E-state index in [2.05, 4.69) is 10.1 Å². The summed E-state index contributed by atoms with van der Waals surface area (Å²) in [5.74, 6) is -10.2. The van der Waals surface area contributed by atoms with E-state index >= 15 is 0 Å². The SMILES string of the molecule is COc1c(F)c(F)c(C(=O)Nc2cccc(-c3cc4ccccc4oc3=O)c2)c(F)c1F. The molecule has 0 fully saturated rings. The predicted molar refractivity (Wildman–Crippen MR) is 109 cm³/mol. The average molecular weight is 443 g/mol. The Morgan fingerprint density at radius 3 is 2.28 bits per heavy atom. The Balaban J connectivity index is 1.71. The number of para-hydroxylation sites is 1. The largest absolute Gasteiger partial charge is 0.491 e. The normalized spacial score (nSPS) is 10.9. The highest BCUT2D eigenvalue weighted by atomic mass is 19.2. The molecule has 32 heavy (non-hydrogen) atoms. The summed E-state index contributed by atoms with van der Waals surface area (Å²) >= 11 is 0. The number of nitrogens with one attached hydrogen (secondary N) is 1. The minimum atomic E-state index is -1.90. The molecule has 0 saturated heterocycles. The van der Waals surface area contributed by atoms with E-state index in [-0.39, 0.29) is 11.3 Å². The lowest BCUT2D eigenvalue weighted by molar-refractivity contribution is 0.101. The summed E-state index contributed by atoms with van der Waals surface area (Å²) in [6.07, 6.45) is 0. The first-order chi connectivity index (χ1) is 15.3. The van der Waals surface area contributed by atoms with E-state index in [1.165, 1.54) is 18.2 Å². The number of ether oxygens (including phenoxy) is 1. The number of benzene rings is 3. The first-order valence-electron chi connectivity index (χ1n) is 9.16. The highest BCUT2D eigenvalue weighted by molar-refractivity contribution is 6.05. The number of amides is 1. The molecular weight excluding hydrogens is 430 g/mol. The van der Waals surface area contributed by atoms with E-state index in [0.717, 1.165) is 7.11 Å². The van der Waals surface area contributed by atoms with E-state index in [1.54, 1.807) is 36.4 Å². The standard InChI is InChI=1S/C23H13F4NO4/c1-31-21-19(26)17(24)16(18(25)20(21)27)22(29)28-13-7-4-6-11(9-13)14-10-12-5-2-3-8-15(12)32-23(14)30/h2-10H,1H3,(H,28,29). The molecule has 162 valence electrons. The zero-order chi connectivity index (χ0) is 23.0. The summed E-state index contributed by atoms with van der Waals surface area (Å²) in [5, 5.41) is 2.83. The van der Waals surface area contributed by atoms with Gasteiger partial charge in [-0.05, 0) is 29.8 Å². The van der Waals surface area contributed by atoms with E-state index in [9.17, 15) is 27.2 Å². The molecule has 0 saturated carbocycles. The van der Waals surface area contributed by atoms with Crippen molar-refractivity contribution in [3.05, 3.63) is 93.8 Å². The van der Waals surface area contributed by atoms with Gasteiger partial charge in [-0.2, -0.15) is 8.78 Å². The van der Waals surface area contributed by atoms with Gasteiger partial charge in [0.05, 0.1) is 12.7 Å².